The Hall–Kier alpha value is -3.20. The quantitative estimate of drug-likeness (QED) is 0.545. The zero-order chi connectivity index (χ0) is 22.1. The van der Waals surface area contributed by atoms with Crippen molar-refractivity contribution in [1.82, 2.24) is 4.72 Å². The molecule has 0 bridgehead atoms. The van der Waals surface area contributed by atoms with Gasteiger partial charge in [0.15, 0.2) is 0 Å². The molecule has 1 aliphatic heterocycles. The summed E-state index contributed by atoms with van der Waals surface area (Å²) >= 11 is 0. The molecular weight excluding hydrogens is 416 g/mol. The maximum atomic E-state index is 12.6. The third-order valence-corrected chi connectivity index (χ3v) is 6.93. The van der Waals surface area contributed by atoms with E-state index in [0.717, 1.165) is 11.1 Å². The second kappa shape index (κ2) is 8.14. The number of nitrogens with two attached hydrogens (primary N) is 1. The fraction of sp³-hybridized carbons (Fsp3) is 0.174. The smallest absolute Gasteiger partial charge is 0.335 e. The topological polar surface area (TPSA) is 119 Å². The van der Waals surface area contributed by atoms with Crippen molar-refractivity contribution in [3.8, 4) is 5.75 Å². The molecule has 3 aromatic carbocycles. The van der Waals surface area contributed by atoms with Gasteiger partial charge in [-0.2, -0.15) is 0 Å². The Morgan fingerprint density at radius 3 is 2.48 bits per heavy atom. The van der Waals surface area contributed by atoms with Gasteiger partial charge in [-0.25, -0.2) is 17.9 Å². The van der Waals surface area contributed by atoms with Crippen LogP contribution in [0.3, 0.4) is 0 Å². The normalized spacial score (nSPS) is 17.7. The van der Waals surface area contributed by atoms with Crippen molar-refractivity contribution >= 4 is 16.0 Å². The Balaban J connectivity index is 1.71. The summed E-state index contributed by atoms with van der Waals surface area (Å²) in [5.74, 6) is -0.595. The molecule has 0 spiro atoms. The maximum Gasteiger partial charge on any atom is 0.335 e. The van der Waals surface area contributed by atoms with E-state index in [1.54, 1.807) is 24.3 Å². The average Bonchev–Trinajstić information content (AvgIpc) is 2.89. The number of carbonyl (C=O) groups is 1. The van der Waals surface area contributed by atoms with Crippen molar-refractivity contribution in [3.63, 3.8) is 0 Å². The van der Waals surface area contributed by atoms with Gasteiger partial charge in [-0.15, -0.1) is 0 Å². The van der Waals surface area contributed by atoms with Gasteiger partial charge in [0.25, 0.3) is 0 Å². The third-order valence-electron chi connectivity index (χ3n) is 5.45. The van der Waals surface area contributed by atoms with Gasteiger partial charge in [-0.1, -0.05) is 42.5 Å². The molecule has 3 aromatic rings. The number of carboxylic acid groups (broad SMARTS) is 1. The number of aromatic carboxylic acids is 1. The summed E-state index contributed by atoms with van der Waals surface area (Å²) in [7, 11) is -3.70. The Kier molecular flexibility index (Phi) is 5.53. The molecule has 1 heterocycles. The van der Waals surface area contributed by atoms with Crippen molar-refractivity contribution in [1.29, 1.82) is 0 Å². The zero-order valence-electron chi connectivity index (χ0n) is 16.6. The van der Waals surface area contributed by atoms with Gasteiger partial charge in [0.05, 0.1) is 16.0 Å². The van der Waals surface area contributed by atoms with Crippen LogP contribution in [0.4, 0.5) is 0 Å². The van der Waals surface area contributed by atoms with Crippen LogP contribution in [0, 0.1) is 0 Å². The average molecular weight is 439 g/mol. The Morgan fingerprint density at radius 2 is 1.74 bits per heavy atom. The van der Waals surface area contributed by atoms with E-state index in [2.05, 4.69) is 4.72 Å². The molecule has 0 saturated heterocycles. The second-order valence-corrected chi connectivity index (χ2v) is 9.16. The van der Waals surface area contributed by atoms with Crippen LogP contribution in [-0.2, 0) is 22.2 Å². The van der Waals surface area contributed by atoms with E-state index >= 15 is 0 Å². The highest BCUT2D eigenvalue weighted by molar-refractivity contribution is 7.89. The lowest BCUT2D eigenvalue weighted by Gasteiger charge is -2.31. The summed E-state index contributed by atoms with van der Waals surface area (Å²) in [6, 6.07) is 20.1. The molecule has 0 saturated carbocycles. The molecule has 4 rings (SSSR count). The lowest BCUT2D eigenvalue weighted by atomic mass is 9.78. The minimum Gasteiger partial charge on any atom is -0.489 e. The summed E-state index contributed by atoms with van der Waals surface area (Å²) in [5.41, 5.74) is 8.00. The van der Waals surface area contributed by atoms with Gasteiger partial charge < -0.3 is 15.6 Å². The first-order valence-electron chi connectivity index (χ1n) is 9.74. The fourth-order valence-electron chi connectivity index (χ4n) is 3.85. The highest BCUT2D eigenvalue weighted by Crippen LogP contribution is 2.41. The van der Waals surface area contributed by atoms with Crippen molar-refractivity contribution in [2.75, 3.05) is 6.54 Å². The number of rotatable bonds is 6. The van der Waals surface area contributed by atoms with E-state index in [9.17, 15) is 18.3 Å². The number of hydrogen-bond donors (Lipinski definition) is 3. The Labute approximate surface area is 180 Å². The predicted octanol–water partition coefficient (Wildman–Crippen LogP) is 2.85. The van der Waals surface area contributed by atoms with E-state index in [0.29, 0.717) is 11.3 Å². The van der Waals surface area contributed by atoms with E-state index in [1.807, 2.05) is 24.3 Å². The van der Waals surface area contributed by atoms with E-state index in [-0.39, 0.29) is 30.0 Å². The fourth-order valence-corrected chi connectivity index (χ4v) is 4.91. The number of ether oxygens (including phenoxy) is 1. The molecule has 1 unspecified atom stereocenters. The summed E-state index contributed by atoms with van der Waals surface area (Å²) in [4.78, 5) is 11.7. The molecule has 8 heteroatoms. The minimum atomic E-state index is -3.70. The van der Waals surface area contributed by atoms with E-state index in [1.165, 1.54) is 24.3 Å². The number of benzene rings is 3. The lowest BCUT2D eigenvalue weighted by Crippen LogP contribution is -2.42. The molecule has 0 amide bonds. The van der Waals surface area contributed by atoms with Gasteiger partial charge >= 0.3 is 5.97 Å². The summed E-state index contributed by atoms with van der Waals surface area (Å²) in [6.07, 6.45) is 0.204. The number of fused-ring (bicyclic) bond motifs is 2. The molecule has 0 aliphatic carbocycles. The number of sulfonamides is 1. The van der Waals surface area contributed by atoms with Crippen LogP contribution in [0.2, 0.25) is 0 Å². The standard InChI is InChI=1S/C23H22N2O5S/c24-23(12-13-25-31(28,29)18-7-2-1-3-8-18)19-9-5-4-6-17(19)15-30-21-11-10-16(22(26)27)14-20(21)23/h1-11,14,25H,12-13,15,24H2,(H,26,27). The summed E-state index contributed by atoms with van der Waals surface area (Å²) in [5, 5.41) is 9.46. The van der Waals surface area contributed by atoms with Crippen LogP contribution in [0.15, 0.2) is 77.7 Å². The van der Waals surface area contributed by atoms with Crippen molar-refractivity contribution in [2.24, 2.45) is 5.73 Å². The van der Waals surface area contributed by atoms with Gasteiger partial charge in [-0.05, 0) is 47.9 Å². The molecule has 160 valence electrons. The van der Waals surface area contributed by atoms with Crippen molar-refractivity contribution < 1.29 is 23.1 Å². The monoisotopic (exact) mass is 438 g/mol. The minimum absolute atomic E-state index is 0.0544. The van der Waals surface area contributed by atoms with Crippen LogP contribution >= 0.6 is 0 Å². The molecule has 7 nitrogen and oxygen atoms in total. The maximum absolute atomic E-state index is 12.6. The molecule has 1 atom stereocenters. The second-order valence-electron chi connectivity index (χ2n) is 7.39. The molecular formula is C23H22N2O5S. The molecule has 0 fully saturated rings. The Morgan fingerprint density at radius 1 is 1.03 bits per heavy atom. The van der Waals surface area contributed by atoms with Crippen LogP contribution in [0.25, 0.3) is 0 Å². The molecule has 0 aromatic heterocycles. The van der Waals surface area contributed by atoms with Crippen LogP contribution in [0.5, 0.6) is 5.75 Å². The Bertz CT molecular complexity index is 1230. The van der Waals surface area contributed by atoms with Crippen LogP contribution in [-0.4, -0.2) is 26.0 Å². The highest BCUT2D eigenvalue weighted by atomic mass is 32.2. The van der Waals surface area contributed by atoms with E-state index in [4.69, 9.17) is 10.5 Å². The first-order chi connectivity index (χ1) is 14.8. The number of carboxylic acids is 1. The third kappa shape index (κ3) is 4.05. The summed E-state index contributed by atoms with van der Waals surface area (Å²) in [6.45, 7) is 0.336. The SMILES string of the molecule is NC1(CCNS(=O)(=O)c2ccccc2)c2ccccc2COc2ccc(C(=O)O)cc21. The molecule has 4 N–H and O–H groups in total. The first kappa shape index (κ1) is 21.0. The van der Waals surface area contributed by atoms with Crippen LogP contribution < -0.4 is 15.2 Å². The van der Waals surface area contributed by atoms with Crippen molar-refractivity contribution in [2.45, 2.75) is 23.5 Å². The van der Waals surface area contributed by atoms with Gasteiger partial charge in [0, 0.05) is 12.1 Å². The zero-order valence-corrected chi connectivity index (χ0v) is 17.4. The molecule has 31 heavy (non-hydrogen) atoms. The predicted molar refractivity (Wildman–Crippen MR) is 115 cm³/mol. The largest absolute Gasteiger partial charge is 0.489 e. The number of nitrogens with one attached hydrogen (secondary N) is 1. The van der Waals surface area contributed by atoms with E-state index < -0.39 is 21.5 Å². The van der Waals surface area contributed by atoms with Gasteiger partial charge in [-0.3, -0.25) is 0 Å². The lowest BCUT2D eigenvalue weighted by molar-refractivity contribution is 0.0696. The van der Waals surface area contributed by atoms with Gasteiger partial charge in [0.2, 0.25) is 10.0 Å². The molecule has 0 radical (unpaired) electrons. The number of hydrogen-bond acceptors (Lipinski definition) is 5. The van der Waals surface area contributed by atoms with Crippen LogP contribution in [0.1, 0.15) is 33.5 Å². The summed E-state index contributed by atoms with van der Waals surface area (Å²) < 4.78 is 33.8. The highest BCUT2D eigenvalue weighted by Gasteiger charge is 2.37. The first-order valence-corrected chi connectivity index (χ1v) is 11.2. The van der Waals surface area contributed by atoms with Gasteiger partial charge in [0.1, 0.15) is 12.4 Å². The molecule has 1 aliphatic rings. The van der Waals surface area contributed by atoms with Crippen molar-refractivity contribution in [3.05, 3.63) is 95.1 Å².